The summed E-state index contributed by atoms with van der Waals surface area (Å²) in [7, 11) is -3.83. The first-order chi connectivity index (χ1) is 9.18. The van der Waals surface area contributed by atoms with Gasteiger partial charge in [0.2, 0.25) is 15.9 Å². The van der Waals surface area contributed by atoms with Gasteiger partial charge in [-0.2, -0.15) is 0 Å². The van der Waals surface area contributed by atoms with E-state index in [2.05, 4.69) is 5.32 Å². The number of nitrogens with zero attached hydrogens (tertiary/aromatic N) is 1. The van der Waals surface area contributed by atoms with E-state index in [0.29, 0.717) is 6.54 Å². The average molecular weight is 306 g/mol. The summed E-state index contributed by atoms with van der Waals surface area (Å²) in [5.74, 6) is -2.80. The Labute approximate surface area is 116 Å². The number of hydrogen-bond acceptors (Lipinski definition) is 3. The molecule has 0 bridgehead atoms. The third-order valence-corrected chi connectivity index (χ3v) is 3.84. The van der Waals surface area contributed by atoms with Crippen molar-refractivity contribution in [3.8, 4) is 0 Å². The van der Waals surface area contributed by atoms with Crippen LogP contribution in [0.2, 0.25) is 0 Å². The quantitative estimate of drug-likeness (QED) is 0.890. The van der Waals surface area contributed by atoms with Crippen molar-refractivity contribution in [2.24, 2.45) is 0 Å². The van der Waals surface area contributed by atoms with Crippen molar-refractivity contribution in [2.75, 3.05) is 17.1 Å². The number of amides is 1. The lowest BCUT2D eigenvalue weighted by Gasteiger charge is -2.28. The van der Waals surface area contributed by atoms with Gasteiger partial charge in [0.15, 0.2) is 11.6 Å². The van der Waals surface area contributed by atoms with E-state index in [1.165, 1.54) is 6.92 Å². The lowest BCUT2D eigenvalue weighted by molar-refractivity contribution is -0.121. The molecule has 0 fully saturated rings. The Bertz CT molecular complexity index is 605. The Morgan fingerprint density at radius 1 is 1.35 bits per heavy atom. The summed E-state index contributed by atoms with van der Waals surface area (Å²) in [6.07, 6.45) is 0.893. The normalized spacial score (nSPS) is 12.8. The molecule has 20 heavy (non-hydrogen) atoms. The third-order valence-electron chi connectivity index (χ3n) is 2.60. The lowest BCUT2D eigenvalue weighted by atomic mass is 10.2. The number of carbonyl (C=O) groups is 1. The van der Waals surface area contributed by atoms with Gasteiger partial charge in [-0.15, -0.1) is 0 Å². The minimum Gasteiger partial charge on any atom is -0.355 e. The fourth-order valence-electron chi connectivity index (χ4n) is 1.75. The zero-order valence-corrected chi connectivity index (χ0v) is 12.2. The minimum atomic E-state index is -3.83. The highest BCUT2D eigenvalue weighted by molar-refractivity contribution is 7.92. The number of carbonyl (C=O) groups excluding carboxylic acids is 1. The maximum atomic E-state index is 13.2. The van der Waals surface area contributed by atoms with Gasteiger partial charge in [-0.25, -0.2) is 17.2 Å². The van der Waals surface area contributed by atoms with Crippen LogP contribution in [0.3, 0.4) is 0 Å². The first kappa shape index (κ1) is 16.4. The largest absolute Gasteiger partial charge is 0.355 e. The van der Waals surface area contributed by atoms with Crippen molar-refractivity contribution >= 4 is 21.6 Å². The van der Waals surface area contributed by atoms with Crippen molar-refractivity contribution in [3.05, 3.63) is 29.8 Å². The molecule has 0 heterocycles. The summed E-state index contributed by atoms with van der Waals surface area (Å²) in [6, 6.07) is 1.59. The SMILES string of the molecule is CCNC(=O)[C@H](C)N(c1ccc(F)c(F)c1)S(C)(=O)=O. The molecule has 0 aliphatic rings. The van der Waals surface area contributed by atoms with Crippen molar-refractivity contribution in [1.29, 1.82) is 0 Å². The molecule has 1 aromatic carbocycles. The maximum absolute atomic E-state index is 13.2. The van der Waals surface area contributed by atoms with E-state index in [1.54, 1.807) is 6.92 Å². The van der Waals surface area contributed by atoms with Crippen LogP contribution in [0.15, 0.2) is 18.2 Å². The van der Waals surface area contributed by atoms with Gasteiger partial charge in [-0.3, -0.25) is 9.10 Å². The molecule has 0 aromatic heterocycles. The van der Waals surface area contributed by atoms with E-state index in [-0.39, 0.29) is 5.69 Å². The van der Waals surface area contributed by atoms with Gasteiger partial charge in [0.1, 0.15) is 6.04 Å². The van der Waals surface area contributed by atoms with Gasteiger partial charge in [-0.1, -0.05) is 0 Å². The van der Waals surface area contributed by atoms with Crippen LogP contribution in [0, 0.1) is 11.6 Å². The molecular weight excluding hydrogens is 290 g/mol. The third kappa shape index (κ3) is 3.66. The number of nitrogens with one attached hydrogen (secondary N) is 1. The second kappa shape index (κ2) is 6.17. The molecule has 5 nitrogen and oxygen atoms in total. The van der Waals surface area contributed by atoms with Crippen LogP contribution >= 0.6 is 0 Å². The predicted octanol–water partition coefficient (Wildman–Crippen LogP) is 1.26. The summed E-state index contributed by atoms with van der Waals surface area (Å²) < 4.78 is 50.5. The molecule has 0 unspecified atom stereocenters. The van der Waals surface area contributed by atoms with E-state index >= 15 is 0 Å². The molecule has 1 aromatic rings. The molecule has 0 spiro atoms. The van der Waals surface area contributed by atoms with Crippen LogP contribution in [0.5, 0.6) is 0 Å². The topological polar surface area (TPSA) is 66.5 Å². The Hall–Kier alpha value is -1.70. The molecule has 1 amide bonds. The monoisotopic (exact) mass is 306 g/mol. The number of rotatable bonds is 5. The molecule has 0 saturated heterocycles. The summed E-state index contributed by atoms with van der Waals surface area (Å²) in [5.41, 5.74) is -0.106. The highest BCUT2D eigenvalue weighted by Gasteiger charge is 2.29. The van der Waals surface area contributed by atoms with E-state index in [0.717, 1.165) is 28.8 Å². The molecule has 112 valence electrons. The van der Waals surface area contributed by atoms with Gasteiger partial charge in [0.25, 0.3) is 0 Å². The second-order valence-electron chi connectivity index (χ2n) is 4.23. The van der Waals surface area contributed by atoms with Crippen LogP contribution < -0.4 is 9.62 Å². The molecule has 8 heteroatoms. The summed E-state index contributed by atoms with van der Waals surface area (Å²) in [6.45, 7) is 3.39. The fourth-order valence-corrected chi connectivity index (χ4v) is 2.92. The highest BCUT2D eigenvalue weighted by Crippen LogP contribution is 2.23. The van der Waals surface area contributed by atoms with E-state index in [1.807, 2.05) is 0 Å². The summed E-state index contributed by atoms with van der Waals surface area (Å²) >= 11 is 0. The predicted molar refractivity (Wildman–Crippen MR) is 71.8 cm³/mol. The Balaban J connectivity index is 3.26. The van der Waals surface area contributed by atoms with Gasteiger partial charge in [-0.05, 0) is 26.0 Å². The van der Waals surface area contributed by atoms with E-state index in [4.69, 9.17) is 0 Å². The van der Waals surface area contributed by atoms with E-state index < -0.39 is 33.6 Å². The standard InChI is InChI=1S/C12H16F2N2O3S/c1-4-15-12(17)8(2)16(20(3,18)19)9-5-6-10(13)11(14)7-9/h5-8H,4H2,1-3H3,(H,15,17)/t8-/m0/s1. The molecule has 0 radical (unpaired) electrons. The van der Waals surface area contributed by atoms with Gasteiger partial charge < -0.3 is 5.32 Å². The average Bonchev–Trinajstić information content (AvgIpc) is 2.32. The van der Waals surface area contributed by atoms with Crippen molar-refractivity contribution in [1.82, 2.24) is 5.32 Å². The zero-order chi connectivity index (χ0) is 15.5. The van der Waals surface area contributed by atoms with Crippen LogP contribution in [0.4, 0.5) is 14.5 Å². The molecule has 0 aliphatic heterocycles. The van der Waals surface area contributed by atoms with Crippen LogP contribution in [0.25, 0.3) is 0 Å². The second-order valence-corrected chi connectivity index (χ2v) is 6.09. The molecular formula is C12H16F2N2O3S. The van der Waals surface area contributed by atoms with Gasteiger partial charge in [0.05, 0.1) is 11.9 Å². The van der Waals surface area contributed by atoms with Crippen molar-refractivity contribution in [3.63, 3.8) is 0 Å². The molecule has 1 atom stereocenters. The number of benzene rings is 1. The minimum absolute atomic E-state index is 0.106. The number of hydrogen-bond donors (Lipinski definition) is 1. The number of anilines is 1. The van der Waals surface area contributed by atoms with Crippen LogP contribution in [-0.2, 0) is 14.8 Å². The molecule has 0 aliphatic carbocycles. The number of likely N-dealkylation sites (N-methyl/N-ethyl adjacent to an activating group) is 1. The number of halogens is 2. The van der Waals surface area contributed by atoms with Gasteiger partial charge in [0, 0.05) is 12.6 Å². The first-order valence-corrected chi connectivity index (χ1v) is 7.75. The molecule has 1 N–H and O–H groups in total. The molecule has 1 rings (SSSR count). The Kier molecular flexibility index (Phi) is 5.04. The van der Waals surface area contributed by atoms with Crippen molar-refractivity contribution < 1.29 is 22.0 Å². The maximum Gasteiger partial charge on any atom is 0.243 e. The van der Waals surface area contributed by atoms with Crippen molar-refractivity contribution in [2.45, 2.75) is 19.9 Å². The fraction of sp³-hybridized carbons (Fsp3) is 0.417. The van der Waals surface area contributed by atoms with Crippen LogP contribution in [0.1, 0.15) is 13.8 Å². The zero-order valence-electron chi connectivity index (χ0n) is 11.4. The highest BCUT2D eigenvalue weighted by atomic mass is 32.2. The smallest absolute Gasteiger partial charge is 0.243 e. The van der Waals surface area contributed by atoms with E-state index in [9.17, 15) is 22.0 Å². The molecule has 0 saturated carbocycles. The lowest BCUT2D eigenvalue weighted by Crippen LogP contribution is -2.47. The van der Waals surface area contributed by atoms with Gasteiger partial charge >= 0.3 is 0 Å². The Morgan fingerprint density at radius 3 is 2.40 bits per heavy atom. The summed E-state index contributed by atoms with van der Waals surface area (Å²) in [4.78, 5) is 11.8. The van der Waals surface area contributed by atoms with Crippen LogP contribution in [-0.4, -0.2) is 33.2 Å². The summed E-state index contributed by atoms with van der Waals surface area (Å²) in [5, 5.41) is 2.48. The number of sulfonamides is 1. The Morgan fingerprint density at radius 2 is 1.95 bits per heavy atom. The first-order valence-electron chi connectivity index (χ1n) is 5.90.